The van der Waals surface area contributed by atoms with Crippen molar-refractivity contribution in [2.75, 3.05) is 26.4 Å². The summed E-state index contributed by atoms with van der Waals surface area (Å²) in [6, 6.07) is -0.484. The summed E-state index contributed by atoms with van der Waals surface area (Å²) in [4.78, 5) is 10.9. The molecule has 0 aromatic heterocycles. The topological polar surface area (TPSA) is 67.8 Å². The van der Waals surface area contributed by atoms with Gasteiger partial charge in [0.25, 0.3) is 0 Å². The average molecular weight is 231 g/mol. The lowest BCUT2D eigenvalue weighted by molar-refractivity contribution is -0.141. The number of aliphatic carboxylic acids is 1. The first-order valence-electron chi connectivity index (χ1n) is 5.74. The van der Waals surface area contributed by atoms with Crippen molar-refractivity contribution in [3.8, 4) is 0 Å². The van der Waals surface area contributed by atoms with Crippen LogP contribution in [0.4, 0.5) is 0 Å². The Morgan fingerprint density at radius 2 is 2.38 bits per heavy atom. The van der Waals surface area contributed by atoms with Gasteiger partial charge in [-0.1, -0.05) is 13.8 Å². The summed E-state index contributed by atoms with van der Waals surface area (Å²) in [5.41, 5.74) is 0. The Morgan fingerprint density at radius 1 is 1.62 bits per heavy atom. The molecule has 1 rings (SSSR count). The Morgan fingerprint density at radius 3 is 2.88 bits per heavy atom. The van der Waals surface area contributed by atoms with Crippen molar-refractivity contribution in [2.45, 2.75) is 32.4 Å². The number of ether oxygens (including phenoxy) is 2. The molecule has 1 fully saturated rings. The number of nitrogens with one attached hydrogen (secondary N) is 1. The van der Waals surface area contributed by atoms with Crippen molar-refractivity contribution >= 4 is 5.97 Å². The van der Waals surface area contributed by atoms with Gasteiger partial charge >= 0.3 is 5.97 Å². The molecule has 0 aliphatic carbocycles. The molecule has 0 spiro atoms. The number of carboxylic acid groups (broad SMARTS) is 1. The zero-order valence-corrected chi connectivity index (χ0v) is 9.94. The average Bonchev–Trinajstić information content (AvgIpc) is 2.68. The molecule has 94 valence electrons. The third kappa shape index (κ3) is 4.92. The van der Waals surface area contributed by atoms with Crippen LogP contribution in [-0.2, 0) is 14.3 Å². The molecule has 2 N–H and O–H groups in total. The summed E-state index contributed by atoms with van der Waals surface area (Å²) in [5.74, 6) is -0.440. The van der Waals surface area contributed by atoms with Crippen LogP contribution in [0.15, 0.2) is 0 Å². The third-order valence-electron chi connectivity index (χ3n) is 2.49. The second-order valence-electron chi connectivity index (χ2n) is 4.48. The fourth-order valence-corrected chi connectivity index (χ4v) is 1.66. The summed E-state index contributed by atoms with van der Waals surface area (Å²) in [5, 5.41) is 11.9. The van der Waals surface area contributed by atoms with E-state index in [9.17, 15) is 4.79 Å². The zero-order chi connectivity index (χ0) is 12.0. The molecule has 0 aromatic carbocycles. The van der Waals surface area contributed by atoms with Crippen LogP contribution >= 0.6 is 0 Å². The van der Waals surface area contributed by atoms with Gasteiger partial charge in [0.1, 0.15) is 6.04 Å². The first-order chi connectivity index (χ1) is 7.59. The van der Waals surface area contributed by atoms with Gasteiger partial charge in [0.05, 0.1) is 19.8 Å². The highest BCUT2D eigenvalue weighted by Crippen LogP contribution is 2.12. The molecule has 5 heteroatoms. The molecule has 0 radical (unpaired) electrons. The Kier molecular flexibility index (Phi) is 5.73. The van der Waals surface area contributed by atoms with Crippen molar-refractivity contribution in [1.29, 1.82) is 0 Å². The fraction of sp³-hybridized carbons (Fsp3) is 0.909. The lowest BCUT2D eigenvalue weighted by atomic mass is 10.1. The minimum Gasteiger partial charge on any atom is -0.480 e. The fourth-order valence-electron chi connectivity index (χ4n) is 1.66. The van der Waals surface area contributed by atoms with Crippen LogP contribution in [-0.4, -0.2) is 49.6 Å². The van der Waals surface area contributed by atoms with Crippen molar-refractivity contribution in [3.63, 3.8) is 0 Å². The predicted molar refractivity (Wildman–Crippen MR) is 59.4 cm³/mol. The van der Waals surface area contributed by atoms with Crippen LogP contribution in [0.1, 0.15) is 20.3 Å². The molecule has 1 saturated heterocycles. The molecule has 1 heterocycles. The van der Waals surface area contributed by atoms with Crippen molar-refractivity contribution in [1.82, 2.24) is 5.32 Å². The highest BCUT2D eigenvalue weighted by atomic mass is 16.5. The van der Waals surface area contributed by atoms with Crippen molar-refractivity contribution in [2.24, 2.45) is 5.92 Å². The number of carbonyl (C=O) groups is 1. The van der Waals surface area contributed by atoms with E-state index in [0.717, 1.165) is 19.6 Å². The van der Waals surface area contributed by atoms with Gasteiger partial charge in [0.15, 0.2) is 0 Å². The van der Waals surface area contributed by atoms with Gasteiger partial charge in [0, 0.05) is 18.6 Å². The molecule has 0 saturated carbocycles. The highest BCUT2D eigenvalue weighted by Gasteiger charge is 2.20. The van der Waals surface area contributed by atoms with Gasteiger partial charge in [0.2, 0.25) is 0 Å². The lowest BCUT2D eigenvalue weighted by Crippen LogP contribution is -2.44. The van der Waals surface area contributed by atoms with Crippen LogP contribution in [0.2, 0.25) is 0 Å². The van der Waals surface area contributed by atoms with Gasteiger partial charge in [-0.15, -0.1) is 0 Å². The summed E-state index contributed by atoms with van der Waals surface area (Å²) in [7, 11) is 0. The summed E-state index contributed by atoms with van der Waals surface area (Å²) >= 11 is 0. The van der Waals surface area contributed by atoms with E-state index < -0.39 is 12.0 Å². The number of hydrogen-bond donors (Lipinski definition) is 2. The second kappa shape index (κ2) is 6.83. The maximum Gasteiger partial charge on any atom is 0.323 e. The predicted octanol–water partition coefficient (Wildman–Crippen LogP) is 0.491. The first kappa shape index (κ1) is 13.4. The van der Waals surface area contributed by atoms with Gasteiger partial charge in [-0.05, 0) is 6.42 Å². The molecule has 2 atom stereocenters. The van der Waals surface area contributed by atoms with Crippen LogP contribution < -0.4 is 5.32 Å². The maximum absolute atomic E-state index is 10.9. The van der Waals surface area contributed by atoms with Crippen LogP contribution in [0.5, 0.6) is 0 Å². The van der Waals surface area contributed by atoms with E-state index >= 15 is 0 Å². The lowest BCUT2D eigenvalue weighted by Gasteiger charge is -2.18. The molecular weight excluding hydrogens is 210 g/mol. The third-order valence-corrected chi connectivity index (χ3v) is 2.49. The Hall–Kier alpha value is -0.650. The largest absolute Gasteiger partial charge is 0.480 e. The smallest absolute Gasteiger partial charge is 0.323 e. The summed E-state index contributed by atoms with van der Waals surface area (Å²) < 4.78 is 10.6. The van der Waals surface area contributed by atoms with Crippen LogP contribution in [0, 0.1) is 5.92 Å². The minimum atomic E-state index is -0.864. The van der Waals surface area contributed by atoms with E-state index in [-0.39, 0.29) is 12.6 Å². The summed E-state index contributed by atoms with van der Waals surface area (Å²) in [6.45, 7) is 6.16. The van der Waals surface area contributed by atoms with Gasteiger partial charge < -0.3 is 19.9 Å². The van der Waals surface area contributed by atoms with Crippen molar-refractivity contribution < 1.29 is 19.4 Å². The van der Waals surface area contributed by atoms with E-state index in [0.29, 0.717) is 12.5 Å². The quantitative estimate of drug-likeness (QED) is 0.667. The van der Waals surface area contributed by atoms with Crippen LogP contribution in [0.3, 0.4) is 0 Å². The monoisotopic (exact) mass is 231 g/mol. The molecule has 1 aliphatic rings. The van der Waals surface area contributed by atoms with Crippen LogP contribution in [0.25, 0.3) is 0 Å². The van der Waals surface area contributed by atoms with Gasteiger partial charge in [-0.2, -0.15) is 0 Å². The number of carboxylic acids is 1. The molecule has 1 aliphatic heterocycles. The van der Waals surface area contributed by atoms with Gasteiger partial charge in [-0.25, -0.2) is 0 Å². The second-order valence-corrected chi connectivity index (χ2v) is 4.48. The van der Waals surface area contributed by atoms with Crippen molar-refractivity contribution in [3.05, 3.63) is 0 Å². The summed E-state index contributed by atoms with van der Waals surface area (Å²) in [6.07, 6.45) is 1.01. The van der Waals surface area contributed by atoms with E-state index in [1.54, 1.807) is 0 Å². The number of hydrogen-bond acceptors (Lipinski definition) is 4. The van der Waals surface area contributed by atoms with E-state index in [2.05, 4.69) is 5.32 Å². The normalized spacial score (nSPS) is 22.6. The maximum atomic E-state index is 10.9. The van der Waals surface area contributed by atoms with E-state index in [1.807, 2.05) is 13.8 Å². The molecular formula is C11H21NO4. The molecule has 2 unspecified atom stereocenters. The Balaban J connectivity index is 2.18. The van der Waals surface area contributed by atoms with E-state index in [4.69, 9.17) is 14.6 Å². The Labute approximate surface area is 96.1 Å². The number of rotatable bonds is 7. The Bertz CT molecular complexity index is 214. The standard InChI is InChI=1S/C11H21NO4/c1-8(2)12-10(11(13)14)7-16-6-9-3-4-15-5-9/h8-10,12H,3-7H2,1-2H3,(H,13,14). The molecule has 5 nitrogen and oxygen atoms in total. The zero-order valence-electron chi connectivity index (χ0n) is 9.94. The molecule has 0 aromatic rings. The molecule has 0 amide bonds. The van der Waals surface area contributed by atoms with Gasteiger partial charge in [-0.3, -0.25) is 4.79 Å². The molecule has 0 bridgehead atoms. The van der Waals surface area contributed by atoms with E-state index in [1.165, 1.54) is 0 Å². The first-order valence-corrected chi connectivity index (χ1v) is 5.74. The molecule has 16 heavy (non-hydrogen) atoms. The SMILES string of the molecule is CC(C)NC(COCC1CCOC1)C(=O)O. The minimum absolute atomic E-state index is 0.138. The highest BCUT2D eigenvalue weighted by molar-refractivity contribution is 5.73.